The molecule has 0 fully saturated rings. The van der Waals surface area contributed by atoms with Gasteiger partial charge in [0.15, 0.2) is 0 Å². The number of esters is 1. The standard InChI is InChI=1S/C17H23NO4/c1-5-7-15(12(3)19)16(17(20)22-6-2)18-13-8-10-14(21-4)11-9-13/h5,8-11,15-16,18H,1,6-7H2,2-4H3/t15-,16?/m0/s1. The minimum Gasteiger partial charge on any atom is -0.497 e. The van der Waals surface area contributed by atoms with Gasteiger partial charge < -0.3 is 14.8 Å². The van der Waals surface area contributed by atoms with Gasteiger partial charge in [-0.05, 0) is 44.5 Å². The molecule has 0 amide bonds. The van der Waals surface area contributed by atoms with Gasteiger partial charge in [0.05, 0.1) is 19.6 Å². The molecular weight excluding hydrogens is 282 g/mol. The Bertz CT molecular complexity index is 510. The lowest BCUT2D eigenvalue weighted by Crippen LogP contribution is -2.41. The van der Waals surface area contributed by atoms with E-state index in [1.807, 2.05) is 0 Å². The summed E-state index contributed by atoms with van der Waals surface area (Å²) in [5.41, 5.74) is 0.717. The van der Waals surface area contributed by atoms with E-state index >= 15 is 0 Å². The number of ether oxygens (including phenoxy) is 2. The van der Waals surface area contributed by atoms with Gasteiger partial charge in [-0.25, -0.2) is 4.79 Å². The van der Waals surface area contributed by atoms with Crippen molar-refractivity contribution in [2.75, 3.05) is 19.0 Å². The summed E-state index contributed by atoms with van der Waals surface area (Å²) in [4.78, 5) is 24.1. The highest BCUT2D eigenvalue weighted by molar-refractivity contribution is 5.89. The van der Waals surface area contributed by atoms with Crippen molar-refractivity contribution in [3.05, 3.63) is 36.9 Å². The van der Waals surface area contributed by atoms with Crippen LogP contribution in [0.5, 0.6) is 5.75 Å². The van der Waals surface area contributed by atoms with Crippen LogP contribution in [0.25, 0.3) is 0 Å². The maximum atomic E-state index is 12.2. The molecular formula is C17H23NO4. The molecule has 0 aliphatic heterocycles. The third-order valence-corrected chi connectivity index (χ3v) is 3.30. The third kappa shape index (κ3) is 4.91. The van der Waals surface area contributed by atoms with E-state index < -0.39 is 17.9 Å². The smallest absolute Gasteiger partial charge is 0.329 e. The summed E-state index contributed by atoms with van der Waals surface area (Å²) in [5.74, 6) is -0.328. The van der Waals surface area contributed by atoms with Gasteiger partial charge in [-0.15, -0.1) is 6.58 Å². The highest BCUT2D eigenvalue weighted by Gasteiger charge is 2.32. The fourth-order valence-corrected chi connectivity index (χ4v) is 2.14. The van der Waals surface area contributed by atoms with Gasteiger partial charge in [0.1, 0.15) is 17.6 Å². The molecule has 0 aliphatic carbocycles. The Hall–Kier alpha value is -2.30. The van der Waals surface area contributed by atoms with E-state index in [0.717, 1.165) is 0 Å². The van der Waals surface area contributed by atoms with Gasteiger partial charge in [0.25, 0.3) is 0 Å². The van der Waals surface area contributed by atoms with Crippen LogP contribution in [0.2, 0.25) is 0 Å². The second-order valence-corrected chi connectivity index (χ2v) is 4.84. The second-order valence-electron chi connectivity index (χ2n) is 4.84. The van der Waals surface area contributed by atoms with Crippen molar-refractivity contribution < 1.29 is 19.1 Å². The minimum atomic E-state index is -0.746. The van der Waals surface area contributed by atoms with Crippen LogP contribution in [0.1, 0.15) is 20.3 Å². The molecule has 0 spiro atoms. The topological polar surface area (TPSA) is 64.6 Å². The van der Waals surface area contributed by atoms with E-state index in [2.05, 4.69) is 11.9 Å². The highest BCUT2D eigenvalue weighted by atomic mass is 16.5. The first kappa shape index (κ1) is 17.8. The highest BCUT2D eigenvalue weighted by Crippen LogP contribution is 2.21. The van der Waals surface area contributed by atoms with Crippen molar-refractivity contribution in [1.82, 2.24) is 0 Å². The Kier molecular flexibility index (Phi) is 7.16. The summed E-state index contributed by atoms with van der Waals surface area (Å²) in [6.45, 7) is 7.12. The quantitative estimate of drug-likeness (QED) is 0.561. The van der Waals surface area contributed by atoms with Crippen LogP contribution in [0.3, 0.4) is 0 Å². The number of Topliss-reactive ketones (excluding diaryl/α,β-unsaturated/α-hetero) is 1. The molecule has 0 heterocycles. The molecule has 0 radical (unpaired) electrons. The fourth-order valence-electron chi connectivity index (χ4n) is 2.14. The Labute approximate surface area is 131 Å². The molecule has 120 valence electrons. The van der Waals surface area contributed by atoms with Crippen molar-refractivity contribution in [2.45, 2.75) is 26.3 Å². The van der Waals surface area contributed by atoms with Gasteiger partial charge >= 0.3 is 5.97 Å². The molecule has 5 nitrogen and oxygen atoms in total. The maximum absolute atomic E-state index is 12.2. The lowest BCUT2D eigenvalue weighted by molar-refractivity contribution is -0.147. The van der Waals surface area contributed by atoms with Gasteiger partial charge in [0, 0.05) is 5.69 Å². The Balaban J connectivity index is 2.99. The van der Waals surface area contributed by atoms with Crippen molar-refractivity contribution in [1.29, 1.82) is 0 Å². The molecule has 0 saturated carbocycles. The zero-order chi connectivity index (χ0) is 16.5. The van der Waals surface area contributed by atoms with Crippen molar-refractivity contribution in [3.63, 3.8) is 0 Å². The van der Waals surface area contributed by atoms with E-state index in [0.29, 0.717) is 17.9 Å². The Morgan fingerprint density at radius 2 is 1.95 bits per heavy atom. The molecule has 0 aromatic heterocycles. The van der Waals surface area contributed by atoms with Crippen LogP contribution in [0.15, 0.2) is 36.9 Å². The normalized spacial score (nSPS) is 12.9. The number of allylic oxidation sites excluding steroid dienone is 1. The van der Waals surface area contributed by atoms with Crippen LogP contribution in [-0.4, -0.2) is 31.5 Å². The number of carbonyl (C=O) groups is 2. The van der Waals surface area contributed by atoms with E-state index in [4.69, 9.17) is 9.47 Å². The number of rotatable bonds is 9. The van der Waals surface area contributed by atoms with Crippen LogP contribution in [-0.2, 0) is 14.3 Å². The SMILES string of the molecule is C=CC[C@@H](C(C)=O)C(Nc1ccc(OC)cc1)C(=O)OCC. The van der Waals surface area contributed by atoms with E-state index in [1.54, 1.807) is 44.4 Å². The van der Waals surface area contributed by atoms with Crippen molar-refractivity contribution in [3.8, 4) is 5.75 Å². The monoisotopic (exact) mass is 305 g/mol. The Morgan fingerprint density at radius 1 is 1.32 bits per heavy atom. The van der Waals surface area contributed by atoms with E-state index in [-0.39, 0.29) is 12.4 Å². The van der Waals surface area contributed by atoms with E-state index in [9.17, 15) is 9.59 Å². The summed E-state index contributed by atoms with van der Waals surface area (Å²) in [5, 5.41) is 3.08. The largest absolute Gasteiger partial charge is 0.497 e. The van der Waals surface area contributed by atoms with Gasteiger partial charge in [-0.2, -0.15) is 0 Å². The first-order valence-corrected chi connectivity index (χ1v) is 7.22. The summed E-state index contributed by atoms with van der Waals surface area (Å²) >= 11 is 0. The van der Waals surface area contributed by atoms with Crippen molar-refractivity contribution in [2.24, 2.45) is 5.92 Å². The molecule has 1 N–H and O–H groups in total. The molecule has 0 aliphatic rings. The van der Waals surface area contributed by atoms with Crippen LogP contribution in [0.4, 0.5) is 5.69 Å². The molecule has 0 bridgehead atoms. The molecule has 1 rings (SSSR count). The first-order valence-electron chi connectivity index (χ1n) is 7.22. The zero-order valence-corrected chi connectivity index (χ0v) is 13.3. The number of hydrogen-bond acceptors (Lipinski definition) is 5. The zero-order valence-electron chi connectivity index (χ0n) is 13.3. The number of ketones is 1. The third-order valence-electron chi connectivity index (χ3n) is 3.30. The minimum absolute atomic E-state index is 0.0843. The molecule has 22 heavy (non-hydrogen) atoms. The lowest BCUT2D eigenvalue weighted by Gasteiger charge is -2.24. The number of benzene rings is 1. The first-order chi connectivity index (χ1) is 10.5. The summed E-state index contributed by atoms with van der Waals surface area (Å²) in [6.07, 6.45) is 2.04. The Morgan fingerprint density at radius 3 is 2.41 bits per heavy atom. The van der Waals surface area contributed by atoms with Gasteiger partial charge in [0.2, 0.25) is 0 Å². The number of methoxy groups -OCH3 is 1. The summed E-state index contributed by atoms with van der Waals surface area (Å²) in [6, 6.07) is 6.39. The van der Waals surface area contributed by atoms with Crippen molar-refractivity contribution >= 4 is 17.4 Å². The molecule has 0 saturated heterocycles. The summed E-state index contributed by atoms with van der Waals surface area (Å²) in [7, 11) is 1.58. The number of anilines is 1. The predicted molar refractivity (Wildman–Crippen MR) is 86.0 cm³/mol. The van der Waals surface area contributed by atoms with Crippen LogP contribution >= 0.6 is 0 Å². The maximum Gasteiger partial charge on any atom is 0.329 e. The summed E-state index contributed by atoms with van der Waals surface area (Å²) < 4.78 is 10.2. The predicted octanol–water partition coefficient (Wildman–Crippen LogP) is 2.82. The van der Waals surface area contributed by atoms with Crippen LogP contribution < -0.4 is 10.1 Å². The molecule has 1 aromatic rings. The average molecular weight is 305 g/mol. The molecule has 1 unspecified atom stereocenters. The van der Waals surface area contributed by atoms with Crippen LogP contribution in [0, 0.1) is 5.92 Å². The number of hydrogen-bond donors (Lipinski definition) is 1. The van der Waals surface area contributed by atoms with Gasteiger partial charge in [-0.1, -0.05) is 6.08 Å². The molecule has 2 atom stereocenters. The molecule has 5 heteroatoms. The molecule has 1 aromatic carbocycles. The number of carbonyl (C=O) groups excluding carboxylic acids is 2. The second kappa shape index (κ2) is 8.87. The number of nitrogens with one attached hydrogen (secondary N) is 1. The average Bonchev–Trinajstić information content (AvgIpc) is 2.51. The lowest BCUT2D eigenvalue weighted by atomic mass is 9.92. The fraction of sp³-hybridized carbons (Fsp3) is 0.412. The van der Waals surface area contributed by atoms with Gasteiger partial charge in [-0.3, -0.25) is 4.79 Å². The van der Waals surface area contributed by atoms with E-state index in [1.165, 1.54) is 6.92 Å².